The summed E-state index contributed by atoms with van der Waals surface area (Å²) in [7, 11) is 3.33. The van der Waals surface area contributed by atoms with Gasteiger partial charge >= 0.3 is 0 Å². The fourth-order valence-electron chi connectivity index (χ4n) is 2.37. The number of hydrogen-bond acceptors (Lipinski definition) is 4. The molecule has 0 heterocycles. The molecular formula is C18H23BrClNO3. The van der Waals surface area contributed by atoms with Gasteiger partial charge in [-0.2, -0.15) is 0 Å². The molecule has 0 amide bonds. The number of rotatable bonds is 8. The van der Waals surface area contributed by atoms with Gasteiger partial charge in [0.05, 0.1) is 25.3 Å². The van der Waals surface area contributed by atoms with E-state index in [1.165, 1.54) is 0 Å². The number of methoxy groups -OCH3 is 2. The summed E-state index contributed by atoms with van der Waals surface area (Å²) >= 11 is 3.54. The third kappa shape index (κ3) is 5.30. The molecule has 1 N–H and O–H groups in total. The highest BCUT2D eigenvalue weighted by Gasteiger charge is 2.11. The van der Waals surface area contributed by atoms with Gasteiger partial charge in [-0.15, -0.1) is 12.4 Å². The molecule has 0 aliphatic heterocycles. The highest BCUT2D eigenvalue weighted by atomic mass is 79.9. The number of ether oxygens (including phenoxy) is 3. The van der Waals surface area contributed by atoms with Crippen molar-refractivity contribution in [3.05, 3.63) is 52.0 Å². The maximum Gasteiger partial charge on any atom is 0.174 e. The third-order valence-corrected chi connectivity index (χ3v) is 4.00. The van der Waals surface area contributed by atoms with Crippen molar-refractivity contribution >= 4 is 28.3 Å². The summed E-state index contributed by atoms with van der Waals surface area (Å²) in [6, 6.07) is 12.0. The Kier molecular flexibility index (Phi) is 8.97. The summed E-state index contributed by atoms with van der Waals surface area (Å²) in [5, 5.41) is 3.43. The molecule has 0 bridgehead atoms. The molecular weight excluding hydrogens is 394 g/mol. The van der Waals surface area contributed by atoms with Crippen LogP contribution in [0.1, 0.15) is 18.1 Å². The van der Waals surface area contributed by atoms with E-state index in [1.54, 1.807) is 14.2 Å². The van der Waals surface area contributed by atoms with Gasteiger partial charge in [0.15, 0.2) is 11.5 Å². The maximum absolute atomic E-state index is 5.65. The van der Waals surface area contributed by atoms with Gasteiger partial charge in [0.1, 0.15) is 5.75 Å². The van der Waals surface area contributed by atoms with Gasteiger partial charge in [0, 0.05) is 18.7 Å². The molecule has 0 saturated carbocycles. The van der Waals surface area contributed by atoms with Crippen molar-refractivity contribution in [3.8, 4) is 17.2 Å². The van der Waals surface area contributed by atoms with Crippen molar-refractivity contribution in [1.82, 2.24) is 5.32 Å². The van der Waals surface area contributed by atoms with E-state index in [-0.39, 0.29) is 12.4 Å². The molecule has 2 aromatic carbocycles. The number of benzene rings is 2. The highest BCUT2D eigenvalue weighted by molar-refractivity contribution is 9.10. The molecule has 0 aliphatic carbocycles. The first kappa shape index (κ1) is 20.6. The van der Waals surface area contributed by atoms with Crippen LogP contribution in [0.3, 0.4) is 0 Å². The molecule has 2 aromatic rings. The summed E-state index contributed by atoms with van der Waals surface area (Å²) in [5.41, 5.74) is 2.25. The number of hydrogen-bond donors (Lipinski definition) is 1. The minimum absolute atomic E-state index is 0. The SMILES string of the molecule is CCOc1cc(CNCc2ccccc2OC)cc(Br)c1OC.Cl. The van der Waals surface area contributed by atoms with Crippen LogP contribution >= 0.6 is 28.3 Å². The van der Waals surface area contributed by atoms with Crippen LogP contribution in [0.2, 0.25) is 0 Å². The van der Waals surface area contributed by atoms with Gasteiger partial charge in [0.2, 0.25) is 0 Å². The van der Waals surface area contributed by atoms with Crippen LogP contribution < -0.4 is 19.5 Å². The van der Waals surface area contributed by atoms with Crippen molar-refractivity contribution in [3.63, 3.8) is 0 Å². The molecule has 0 aliphatic rings. The quantitative estimate of drug-likeness (QED) is 0.684. The third-order valence-electron chi connectivity index (χ3n) is 3.41. The van der Waals surface area contributed by atoms with Crippen molar-refractivity contribution in [1.29, 1.82) is 0 Å². The Bertz CT molecular complexity index is 652. The predicted molar refractivity (Wildman–Crippen MR) is 103 cm³/mol. The fraction of sp³-hybridized carbons (Fsp3) is 0.333. The number of halogens is 2. The zero-order chi connectivity index (χ0) is 16.7. The highest BCUT2D eigenvalue weighted by Crippen LogP contribution is 2.36. The molecule has 0 radical (unpaired) electrons. The lowest BCUT2D eigenvalue weighted by molar-refractivity contribution is 0.309. The predicted octanol–water partition coefficient (Wildman–Crippen LogP) is 4.58. The van der Waals surface area contributed by atoms with Crippen molar-refractivity contribution in [2.45, 2.75) is 20.0 Å². The molecule has 0 saturated heterocycles. The number of nitrogens with one attached hydrogen (secondary N) is 1. The van der Waals surface area contributed by atoms with E-state index in [0.717, 1.165) is 45.9 Å². The van der Waals surface area contributed by atoms with Gasteiger partial charge < -0.3 is 19.5 Å². The molecule has 0 spiro atoms. The molecule has 4 nitrogen and oxygen atoms in total. The van der Waals surface area contributed by atoms with E-state index in [0.29, 0.717) is 6.61 Å². The summed E-state index contributed by atoms with van der Waals surface area (Å²) in [6.45, 7) is 4.01. The largest absolute Gasteiger partial charge is 0.496 e. The summed E-state index contributed by atoms with van der Waals surface area (Å²) in [4.78, 5) is 0. The Morgan fingerprint density at radius 1 is 1.00 bits per heavy atom. The molecule has 24 heavy (non-hydrogen) atoms. The molecule has 2 rings (SSSR count). The Morgan fingerprint density at radius 3 is 2.42 bits per heavy atom. The van der Waals surface area contributed by atoms with Crippen LogP contribution in [0.4, 0.5) is 0 Å². The van der Waals surface area contributed by atoms with Gasteiger partial charge in [-0.3, -0.25) is 0 Å². The lowest BCUT2D eigenvalue weighted by Gasteiger charge is -2.14. The normalized spacial score (nSPS) is 10.0. The van der Waals surface area contributed by atoms with Gasteiger partial charge in [-0.1, -0.05) is 18.2 Å². The molecule has 0 unspecified atom stereocenters. The standard InChI is InChI=1S/C18H22BrNO3.ClH/c1-4-23-17-10-13(9-15(19)18(17)22-3)11-20-12-14-7-5-6-8-16(14)21-2;/h5-10,20H,4,11-12H2,1-3H3;1H. The second-order valence-corrected chi connectivity index (χ2v) is 5.81. The van der Waals surface area contributed by atoms with Gasteiger partial charge in [0.25, 0.3) is 0 Å². The second-order valence-electron chi connectivity index (χ2n) is 4.96. The van der Waals surface area contributed by atoms with E-state index >= 15 is 0 Å². The minimum Gasteiger partial charge on any atom is -0.496 e. The van der Waals surface area contributed by atoms with Crippen LogP contribution in [0.5, 0.6) is 17.2 Å². The van der Waals surface area contributed by atoms with Gasteiger partial charge in [-0.05, 0) is 46.6 Å². The van der Waals surface area contributed by atoms with Crippen LogP contribution in [0.25, 0.3) is 0 Å². The average molecular weight is 417 g/mol. The van der Waals surface area contributed by atoms with Crippen LogP contribution in [-0.4, -0.2) is 20.8 Å². The maximum atomic E-state index is 5.65. The van der Waals surface area contributed by atoms with Crippen LogP contribution in [0.15, 0.2) is 40.9 Å². The lowest BCUT2D eigenvalue weighted by Crippen LogP contribution is -2.13. The Balaban J connectivity index is 0.00000288. The van der Waals surface area contributed by atoms with Crippen molar-refractivity contribution in [2.75, 3.05) is 20.8 Å². The average Bonchev–Trinajstić information content (AvgIpc) is 2.55. The molecule has 0 aromatic heterocycles. The van der Waals surface area contributed by atoms with E-state index < -0.39 is 0 Å². The molecule has 132 valence electrons. The van der Waals surface area contributed by atoms with Crippen molar-refractivity contribution < 1.29 is 14.2 Å². The Labute approximate surface area is 158 Å². The van der Waals surface area contributed by atoms with Crippen molar-refractivity contribution in [2.24, 2.45) is 0 Å². The summed E-state index contributed by atoms with van der Waals surface area (Å²) in [5.74, 6) is 2.37. The Morgan fingerprint density at radius 2 is 1.75 bits per heavy atom. The zero-order valence-electron chi connectivity index (χ0n) is 14.1. The smallest absolute Gasteiger partial charge is 0.174 e. The summed E-state index contributed by atoms with van der Waals surface area (Å²) < 4.78 is 17.3. The van der Waals surface area contributed by atoms with E-state index in [4.69, 9.17) is 14.2 Å². The van der Waals surface area contributed by atoms with Crippen LogP contribution in [-0.2, 0) is 13.1 Å². The minimum atomic E-state index is 0. The van der Waals surface area contributed by atoms with Crippen LogP contribution in [0, 0.1) is 0 Å². The van der Waals surface area contributed by atoms with E-state index in [2.05, 4.69) is 27.3 Å². The number of para-hydroxylation sites is 1. The molecule has 0 atom stereocenters. The monoisotopic (exact) mass is 415 g/mol. The molecule has 0 fully saturated rings. The first-order chi connectivity index (χ1) is 11.2. The zero-order valence-corrected chi connectivity index (χ0v) is 16.5. The lowest BCUT2D eigenvalue weighted by atomic mass is 10.1. The van der Waals surface area contributed by atoms with Gasteiger partial charge in [-0.25, -0.2) is 0 Å². The molecule has 6 heteroatoms. The Hall–Kier alpha value is -1.43. The first-order valence-corrected chi connectivity index (χ1v) is 8.30. The second kappa shape index (κ2) is 10.4. The first-order valence-electron chi connectivity index (χ1n) is 7.51. The fourth-order valence-corrected chi connectivity index (χ4v) is 3.03. The van der Waals surface area contributed by atoms with E-state index in [9.17, 15) is 0 Å². The van der Waals surface area contributed by atoms with E-state index in [1.807, 2.05) is 37.3 Å². The topological polar surface area (TPSA) is 39.7 Å². The summed E-state index contributed by atoms with van der Waals surface area (Å²) in [6.07, 6.45) is 0.